The summed E-state index contributed by atoms with van der Waals surface area (Å²) in [4.78, 5) is 88.0. The highest BCUT2D eigenvalue weighted by atomic mass is 32.1. The Balaban J connectivity index is 1.49. The van der Waals surface area contributed by atoms with Gasteiger partial charge < -0.3 is 29.6 Å². The number of ether oxygens (including phenoxy) is 3. The Bertz CT molecular complexity index is 2610. The van der Waals surface area contributed by atoms with Crippen molar-refractivity contribution >= 4 is 57.3 Å². The molecule has 4 N–H and O–H groups in total. The number of fused-ring (bicyclic) bond motifs is 4. The van der Waals surface area contributed by atoms with Crippen molar-refractivity contribution < 1.29 is 47.3 Å². The van der Waals surface area contributed by atoms with Crippen molar-refractivity contribution in [2.24, 2.45) is 0 Å². The molecule has 0 radical (unpaired) electrons. The number of hydrogen-bond acceptors (Lipinski definition) is 15. The van der Waals surface area contributed by atoms with E-state index in [0.29, 0.717) is 10.4 Å². The van der Waals surface area contributed by atoms with E-state index in [1.54, 1.807) is 11.6 Å². The quantitative estimate of drug-likeness (QED) is 0.135. The zero-order valence-electron chi connectivity index (χ0n) is 27.4. The molecule has 54 heavy (non-hydrogen) atoms. The number of aromatic nitrogens is 6. The molecule has 8 heterocycles. The Morgan fingerprint density at radius 1 is 0.981 bits per heavy atom. The average molecular weight is 757 g/mol. The Morgan fingerprint density at radius 2 is 1.72 bits per heavy atom. The number of aliphatic hydroxyl groups is 1. The van der Waals surface area contributed by atoms with Gasteiger partial charge >= 0.3 is 17.9 Å². The van der Waals surface area contributed by atoms with Gasteiger partial charge in [0.05, 0.1) is 30.6 Å². The Hall–Kier alpha value is -6.93. The molecular weight excluding hydrogens is 734 g/mol. The highest BCUT2D eigenvalue weighted by Crippen LogP contribution is 2.51. The van der Waals surface area contributed by atoms with E-state index in [-0.39, 0.29) is 45.5 Å². The van der Waals surface area contributed by atoms with E-state index in [9.17, 15) is 29.1 Å². The molecule has 1 amide bonds. The zero-order valence-corrected chi connectivity index (χ0v) is 28.2. The molecule has 1 atom stereocenters. The second kappa shape index (κ2) is 12.9. The number of H-pyrrole nitrogens is 1. The Morgan fingerprint density at radius 3 is 2.41 bits per heavy atom. The number of esters is 3. The molecule has 6 aromatic rings. The molecule has 4 aliphatic heterocycles. The van der Waals surface area contributed by atoms with E-state index in [0.717, 1.165) is 35.6 Å². The number of anilines is 2. The van der Waals surface area contributed by atoms with Crippen LogP contribution in [0.4, 0.5) is 19.9 Å². The van der Waals surface area contributed by atoms with Crippen molar-refractivity contribution in [3.8, 4) is 34.2 Å². The van der Waals surface area contributed by atoms with Crippen molar-refractivity contribution in [1.82, 2.24) is 29.5 Å². The molecule has 10 rings (SSSR count). The van der Waals surface area contributed by atoms with Crippen LogP contribution in [0.25, 0.3) is 28.0 Å². The number of rotatable bonds is 7. The van der Waals surface area contributed by atoms with E-state index in [4.69, 9.17) is 14.2 Å². The maximum atomic E-state index is 15.3. The first-order chi connectivity index (χ1) is 25.9. The lowest BCUT2D eigenvalue weighted by Crippen LogP contribution is -2.48. The summed E-state index contributed by atoms with van der Waals surface area (Å²) in [5, 5.41) is 18.2. The number of halogens is 2. The molecule has 0 saturated heterocycles. The number of carbonyl (C=O) groups is 4. The minimum absolute atomic E-state index is 0.0261. The van der Waals surface area contributed by atoms with Crippen molar-refractivity contribution in [2.75, 3.05) is 10.6 Å². The summed E-state index contributed by atoms with van der Waals surface area (Å²) in [6.07, 6.45) is 2.32. The molecule has 272 valence electrons. The lowest BCUT2D eigenvalue weighted by Gasteiger charge is -2.31. The number of thiazole rings is 1. The zero-order chi connectivity index (χ0) is 37.9. The van der Waals surface area contributed by atoms with Gasteiger partial charge in [0.2, 0.25) is 5.95 Å². The highest BCUT2D eigenvalue weighted by Gasteiger charge is 2.49. The van der Waals surface area contributed by atoms with Crippen LogP contribution in [0.3, 0.4) is 0 Å². The van der Waals surface area contributed by atoms with Gasteiger partial charge in [0.15, 0.2) is 33.6 Å². The molecule has 0 saturated carbocycles. The third kappa shape index (κ3) is 5.78. The number of nitrogens with zero attached hydrogens (tertiary/aromatic N) is 5. The van der Waals surface area contributed by atoms with Gasteiger partial charge in [-0.2, -0.15) is 4.98 Å². The van der Waals surface area contributed by atoms with Gasteiger partial charge in [-0.25, -0.2) is 28.5 Å². The molecule has 0 aliphatic carbocycles. The number of nitrogens with one attached hydrogen (secondary N) is 3. The van der Waals surface area contributed by atoms with E-state index in [1.807, 2.05) is 0 Å². The lowest BCUT2D eigenvalue weighted by molar-refractivity contribution is -0.169. The van der Waals surface area contributed by atoms with Crippen LogP contribution in [0, 0.1) is 18.6 Å². The number of benzene rings is 2. The van der Waals surface area contributed by atoms with Gasteiger partial charge in [0, 0.05) is 41.0 Å². The molecular formula is C34H22F2N8O9S. The van der Waals surface area contributed by atoms with Gasteiger partial charge in [-0.05, 0) is 25.1 Å². The van der Waals surface area contributed by atoms with Gasteiger partial charge in [0.1, 0.15) is 28.7 Å². The number of carbonyl (C=O) groups excluding carboxylic acids is 4. The molecule has 4 aromatic heterocycles. The maximum absolute atomic E-state index is 15.3. The maximum Gasteiger partial charge on any atom is 0.344 e. The summed E-state index contributed by atoms with van der Waals surface area (Å²) in [5.41, 5.74) is -5.89. The van der Waals surface area contributed by atoms with Crippen molar-refractivity contribution in [2.45, 2.75) is 31.9 Å². The minimum Gasteiger partial charge on any atom is -0.425 e. The van der Waals surface area contributed by atoms with Crippen LogP contribution in [0.2, 0.25) is 0 Å². The summed E-state index contributed by atoms with van der Waals surface area (Å²) in [6, 6.07) is 5.24. The van der Waals surface area contributed by atoms with Crippen molar-refractivity contribution in [3.63, 3.8) is 0 Å². The normalized spacial score (nSPS) is 16.5. The van der Waals surface area contributed by atoms with E-state index < -0.39 is 88.0 Å². The van der Waals surface area contributed by atoms with Gasteiger partial charge in [-0.1, -0.05) is 6.07 Å². The Kier molecular flexibility index (Phi) is 8.18. The molecule has 4 bridgehead atoms. The van der Waals surface area contributed by atoms with Gasteiger partial charge in [0.25, 0.3) is 11.5 Å². The average Bonchev–Trinajstić information content (AvgIpc) is 3.84. The first-order valence-corrected chi connectivity index (χ1v) is 16.7. The number of para-hydroxylation sites is 1. The standard InChI is InChI=1S/C34H22F2N8O9S/c1-14-22(27-23(30(48)43-33-39-9-10-54-33)28-26(14)53-31(49)34(50,11-20(46)51-27)12-21(47)52-28)24-15-5-6-19(45)44(25-16(35)3-2-4-17(25)36)29(15)42-32(41-24)40-13-18-37-7-8-38-18/h2-10,50H,11-13H2,1H3,(H,37,38)(H,39,43,48)(H,40,41,42). The molecule has 1 unspecified atom stereocenters. The number of amides is 1. The largest absolute Gasteiger partial charge is 0.425 e. The van der Waals surface area contributed by atoms with Crippen LogP contribution in [0.1, 0.15) is 34.6 Å². The lowest BCUT2D eigenvalue weighted by atomic mass is 9.91. The first-order valence-electron chi connectivity index (χ1n) is 15.8. The van der Waals surface area contributed by atoms with Crippen LogP contribution < -0.4 is 30.4 Å². The SMILES string of the molecule is Cc1c2c3c(C(=O)Nc4nccs4)c(c1-c1nc(NCc4ncc[nH]4)nc4c1ccc(=O)n4-c1c(F)cccc1F)OC(=O)CC(O)(CC(=O)O3)C(=O)O2. The number of pyridine rings is 1. The molecule has 0 spiro atoms. The van der Waals surface area contributed by atoms with Crippen molar-refractivity contribution in [3.05, 3.63) is 93.2 Å². The second-order valence-electron chi connectivity index (χ2n) is 12.0. The van der Waals surface area contributed by atoms with Crippen LogP contribution in [0.5, 0.6) is 17.2 Å². The number of hydrogen-bond donors (Lipinski definition) is 4. The number of imidazole rings is 1. The summed E-state index contributed by atoms with van der Waals surface area (Å²) in [6.45, 7) is 1.33. The van der Waals surface area contributed by atoms with E-state index in [1.165, 1.54) is 25.4 Å². The van der Waals surface area contributed by atoms with Crippen molar-refractivity contribution in [1.29, 1.82) is 0 Å². The van der Waals surface area contributed by atoms with Crippen LogP contribution in [0.15, 0.2) is 59.1 Å². The molecule has 4 aliphatic rings. The molecule has 0 fully saturated rings. The summed E-state index contributed by atoms with van der Waals surface area (Å²) in [7, 11) is 0. The van der Waals surface area contributed by atoms with E-state index >= 15 is 8.78 Å². The third-order valence-corrected chi connectivity index (χ3v) is 9.17. The summed E-state index contributed by atoms with van der Waals surface area (Å²) < 4.78 is 48.4. The summed E-state index contributed by atoms with van der Waals surface area (Å²) in [5.74, 6) is -8.69. The smallest absolute Gasteiger partial charge is 0.344 e. The fourth-order valence-electron chi connectivity index (χ4n) is 6.09. The Labute approximate surface area is 303 Å². The number of aromatic amines is 1. The van der Waals surface area contributed by atoms with Crippen LogP contribution >= 0.6 is 11.3 Å². The fraction of sp³-hybridized carbons (Fsp3) is 0.147. The third-order valence-electron chi connectivity index (χ3n) is 8.48. The molecule has 20 heteroatoms. The van der Waals surface area contributed by atoms with Crippen LogP contribution in [-0.2, 0) is 20.9 Å². The second-order valence-corrected chi connectivity index (χ2v) is 12.9. The fourth-order valence-corrected chi connectivity index (χ4v) is 6.61. The highest BCUT2D eigenvalue weighted by molar-refractivity contribution is 7.13. The molecule has 17 nitrogen and oxygen atoms in total. The topological polar surface area (TPSA) is 230 Å². The predicted molar refractivity (Wildman–Crippen MR) is 182 cm³/mol. The van der Waals surface area contributed by atoms with E-state index in [2.05, 4.69) is 35.6 Å². The van der Waals surface area contributed by atoms with Gasteiger partial charge in [-0.3, -0.25) is 29.1 Å². The first kappa shape index (κ1) is 34.2. The van der Waals surface area contributed by atoms with Gasteiger partial charge in [-0.15, -0.1) is 11.3 Å². The van der Waals surface area contributed by atoms with Crippen LogP contribution in [-0.4, -0.2) is 64.0 Å². The molecule has 2 aromatic carbocycles. The predicted octanol–water partition coefficient (Wildman–Crippen LogP) is 3.33. The monoisotopic (exact) mass is 756 g/mol. The minimum atomic E-state index is -2.71. The summed E-state index contributed by atoms with van der Waals surface area (Å²) >= 11 is 1.03.